The first kappa shape index (κ1) is 13.1. The minimum absolute atomic E-state index is 0.404. The third kappa shape index (κ3) is 2.81. The Kier molecular flexibility index (Phi) is 3.42. The predicted octanol–water partition coefficient (Wildman–Crippen LogP) is 3.04. The summed E-state index contributed by atoms with van der Waals surface area (Å²) in [6.45, 7) is 4.67. The van der Waals surface area contributed by atoms with Crippen molar-refractivity contribution < 1.29 is 0 Å². The van der Waals surface area contributed by atoms with E-state index in [0.29, 0.717) is 11.5 Å². The topological polar surface area (TPSA) is 55.6 Å². The zero-order chi connectivity index (χ0) is 14.0. The molecule has 1 aliphatic rings. The lowest BCUT2D eigenvalue weighted by Gasteiger charge is -2.35. The molecule has 0 bridgehead atoms. The van der Waals surface area contributed by atoms with Crippen LogP contribution in [-0.2, 0) is 0 Å². The number of benzene rings is 1. The van der Waals surface area contributed by atoms with Crippen LogP contribution in [0, 0.1) is 5.41 Å². The zero-order valence-corrected chi connectivity index (χ0v) is 12.1. The molecule has 1 aromatic heterocycles. The SMILES string of the molecule is CC1(C)CCCC(Nc2nnnn2-c2ccccc2)C1. The summed E-state index contributed by atoms with van der Waals surface area (Å²) >= 11 is 0. The number of hydrogen-bond acceptors (Lipinski definition) is 4. The molecule has 0 saturated heterocycles. The second-order valence-corrected chi connectivity index (χ2v) is 6.35. The van der Waals surface area contributed by atoms with Crippen LogP contribution in [0.15, 0.2) is 30.3 Å². The molecule has 1 N–H and O–H groups in total. The van der Waals surface area contributed by atoms with Crippen LogP contribution in [0.5, 0.6) is 0 Å². The highest BCUT2D eigenvalue weighted by molar-refractivity contribution is 5.38. The predicted molar refractivity (Wildman–Crippen MR) is 78.8 cm³/mol. The Morgan fingerprint density at radius 3 is 2.80 bits per heavy atom. The minimum Gasteiger partial charge on any atom is -0.350 e. The van der Waals surface area contributed by atoms with Crippen LogP contribution < -0.4 is 5.32 Å². The van der Waals surface area contributed by atoms with Crippen LogP contribution in [-0.4, -0.2) is 26.2 Å². The van der Waals surface area contributed by atoms with Gasteiger partial charge in [-0.2, -0.15) is 4.68 Å². The van der Waals surface area contributed by atoms with Gasteiger partial charge in [0.2, 0.25) is 5.95 Å². The Bertz CT molecular complexity index is 561. The van der Waals surface area contributed by atoms with Crippen molar-refractivity contribution in [3.63, 3.8) is 0 Å². The molecule has 1 aliphatic carbocycles. The third-order valence-corrected chi connectivity index (χ3v) is 4.01. The van der Waals surface area contributed by atoms with Gasteiger partial charge in [-0.3, -0.25) is 0 Å². The second kappa shape index (κ2) is 5.23. The monoisotopic (exact) mass is 271 g/mol. The number of hydrogen-bond donors (Lipinski definition) is 1. The van der Waals surface area contributed by atoms with Gasteiger partial charge in [-0.25, -0.2) is 0 Å². The summed E-state index contributed by atoms with van der Waals surface area (Å²) in [6, 6.07) is 10.4. The molecule has 0 radical (unpaired) electrons. The lowest BCUT2D eigenvalue weighted by molar-refractivity contribution is 0.229. The maximum Gasteiger partial charge on any atom is 0.247 e. The third-order valence-electron chi connectivity index (χ3n) is 4.01. The number of rotatable bonds is 3. The molecule has 5 heteroatoms. The maximum absolute atomic E-state index is 4.13. The molecule has 106 valence electrons. The normalized spacial score (nSPS) is 21.6. The van der Waals surface area contributed by atoms with E-state index in [0.717, 1.165) is 18.1 Å². The van der Waals surface area contributed by atoms with E-state index in [1.165, 1.54) is 19.3 Å². The van der Waals surface area contributed by atoms with E-state index in [2.05, 4.69) is 34.7 Å². The number of tetrazole rings is 1. The van der Waals surface area contributed by atoms with Crippen LogP contribution in [0.2, 0.25) is 0 Å². The van der Waals surface area contributed by atoms with Crippen molar-refractivity contribution in [2.45, 2.75) is 45.6 Å². The van der Waals surface area contributed by atoms with E-state index in [1.807, 2.05) is 30.3 Å². The Morgan fingerprint density at radius 1 is 1.25 bits per heavy atom. The van der Waals surface area contributed by atoms with Crippen LogP contribution in [0.25, 0.3) is 5.69 Å². The maximum atomic E-state index is 4.13. The molecule has 5 nitrogen and oxygen atoms in total. The lowest BCUT2D eigenvalue weighted by atomic mass is 9.75. The number of aromatic nitrogens is 4. The highest BCUT2D eigenvalue weighted by Gasteiger charge is 2.28. The number of para-hydroxylation sites is 1. The Labute approximate surface area is 119 Å². The van der Waals surface area contributed by atoms with Crippen LogP contribution in [0.3, 0.4) is 0 Å². The van der Waals surface area contributed by atoms with Crippen molar-refractivity contribution in [3.05, 3.63) is 30.3 Å². The summed E-state index contributed by atoms with van der Waals surface area (Å²) in [7, 11) is 0. The summed E-state index contributed by atoms with van der Waals surface area (Å²) in [5.41, 5.74) is 1.39. The lowest BCUT2D eigenvalue weighted by Crippen LogP contribution is -2.32. The second-order valence-electron chi connectivity index (χ2n) is 6.35. The van der Waals surface area contributed by atoms with E-state index >= 15 is 0 Å². The molecule has 0 spiro atoms. The van der Waals surface area contributed by atoms with Crippen LogP contribution >= 0.6 is 0 Å². The molecule has 0 amide bonds. The van der Waals surface area contributed by atoms with Gasteiger partial charge in [0.1, 0.15) is 0 Å². The Morgan fingerprint density at radius 2 is 2.05 bits per heavy atom. The molecule has 3 rings (SSSR count). The van der Waals surface area contributed by atoms with Crippen molar-refractivity contribution >= 4 is 5.95 Å². The van der Waals surface area contributed by atoms with Crippen LogP contribution in [0.4, 0.5) is 5.95 Å². The highest BCUT2D eigenvalue weighted by Crippen LogP contribution is 2.36. The highest BCUT2D eigenvalue weighted by atomic mass is 15.6. The van der Waals surface area contributed by atoms with E-state index in [1.54, 1.807) is 4.68 Å². The van der Waals surface area contributed by atoms with Gasteiger partial charge in [-0.05, 0) is 47.2 Å². The molecule has 2 aromatic rings. The van der Waals surface area contributed by atoms with Gasteiger partial charge >= 0.3 is 0 Å². The Balaban J connectivity index is 1.77. The van der Waals surface area contributed by atoms with Gasteiger partial charge in [-0.15, -0.1) is 0 Å². The molecule has 0 aliphatic heterocycles. The van der Waals surface area contributed by atoms with Gasteiger partial charge in [0.15, 0.2) is 0 Å². The molecular weight excluding hydrogens is 250 g/mol. The van der Waals surface area contributed by atoms with E-state index < -0.39 is 0 Å². The summed E-state index contributed by atoms with van der Waals surface area (Å²) in [5, 5.41) is 15.5. The largest absolute Gasteiger partial charge is 0.350 e. The molecule has 1 heterocycles. The first-order valence-corrected chi connectivity index (χ1v) is 7.24. The first-order valence-electron chi connectivity index (χ1n) is 7.24. The quantitative estimate of drug-likeness (QED) is 0.932. The van der Waals surface area contributed by atoms with Gasteiger partial charge in [0.05, 0.1) is 5.69 Å². The summed E-state index contributed by atoms with van der Waals surface area (Å²) in [6.07, 6.45) is 4.91. The molecule has 1 atom stereocenters. The first-order chi connectivity index (χ1) is 9.64. The Hall–Kier alpha value is -1.91. The molecular formula is C15H21N5. The summed E-state index contributed by atoms with van der Waals surface area (Å²) in [5.74, 6) is 0.735. The van der Waals surface area contributed by atoms with E-state index in [-0.39, 0.29) is 0 Å². The number of nitrogens with zero attached hydrogens (tertiary/aromatic N) is 4. The van der Waals surface area contributed by atoms with Crippen molar-refractivity contribution in [2.75, 3.05) is 5.32 Å². The molecule has 1 saturated carbocycles. The van der Waals surface area contributed by atoms with Crippen molar-refractivity contribution in [1.29, 1.82) is 0 Å². The summed E-state index contributed by atoms with van der Waals surface area (Å²) < 4.78 is 1.77. The van der Waals surface area contributed by atoms with E-state index in [4.69, 9.17) is 0 Å². The van der Waals surface area contributed by atoms with Crippen molar-refractivity contribution in [3.8, 4) is 5.69 Å². The van der Waals surface area contributed by atoms with Crippen molar-refractivity contribution in [1.82, 2.24) is 20.2 Å². The summed E-state index contributed by atoms with van der Waals surface area (Å²) in [4.78, 5) is 0. The standard InChI is InChI=1S/C15H21N5/c1-15(2)10-6-7-12(11-15)16-14-17-18-19-20(14)13-8-4-3-5-9-13/h3-5,8-9,12H,6-7,10-11H2,1-2H3,(H,16,17,19). The van der Waals surface area contributed by atoms with Gasteiger partial charge in [0.25, 0.3) is 0 Å². The minimum atomic E-state index is 0.404. The fraction of sp³-hybridized carbons (Fsp3) is 0.533. The van der Waals surface area contributed by atoms with Gasteiger partial charge in [-0.1, -0.05) is 43.6 Å². The molecule has 1 aromatic carbocycles. The number of anilines is 1. The van der Waals surface area contributed by atoms with Crippen molar-refractivity contribution in [2.24, 2.45) is 5.41 Å². The van der Waals surface area contributed by atoms with Gasteiger partial charge in [0, 0.05) is 6.04 Å². The fourth-order valence-corrected chi connectivity index (χ4v) is 3.02. The fourth-order valence-electron chi connectivity index (χ4n) is 3.02. The van der Waals surface area contributed by atoms with Gasteiger partial charge < -0.3 is 5.32 Å². The van der Waals surface area contributed by atoms with Crippen LogP contribution in [0.1, 0.15) is 39.5 Å². The van der Waals surface area contributed by atoms with E-state index in [9.17, 15) is 0 Å². The smallest absolute Gasteiger partial charge is 0.247 e. The molecule has 1 fully saturated rings. The zero-order valence-electron chi connectivity index (χ0n) is 12.1. The average Bonchev–Trinajstić information content (AvgIpc) is 2.87. The molecule has 20 heavy (non-hydrogen) atoms. The molecule has 1 unspecified atom stereocenters. The number of nitrogens with one attached hydrogen (secondary N) is 1. The average molecular weight is 271 g/mol.